The molecule has 0 amide bonds. The molecule has 0 saturated heterocycles. The minimum atomic E-state index is 0.178. The summed E-state index contributed by atoms with van der Waals surface area (Å²) >= 11 is 12.0. The number of Topliss-reactive ketones (excluding diaryl/α,β-unsaturated/α-hetero) is 1. The quantitative estimate of drug-likeness (QED) is 0.773. The van der Waals surface area contributed by atoms with Crippen LogP contribution >= 0.6 is 23.2 Å². The van der Waals surface area contributed by atoms with Crippen molar-refractivity contribution >= 4 is 29.0 Å². The third-order valence-electron chi connectivity index (χ3n) is 3.91. The maximum Gasteiger partial charge on any atom is 0.137 e. The third-order valence-corrected chi connectivity index (χ3v) is 4.50. The van der Waals surface area contributed by atoms with Gasteiger partial charge in [-0.2, -0.15) is 0 Å². The molecule has 2 N–H and O–H groups in total. The fraction of sp³-hybridized carbons (Fsp3) is 0.588. The highest BCUT2D eigenvalue weighted by molar-refractivity contribution is 6.35. The number of carbonyl (C=O) groups is 1. The van der Waals surface area contributed by atoms with Gasteiger partial charge in [0.25, 0.3) is 0 Å². The van der Waals surface area contributed by atoms with E-state index in [-0.39, 0.29) is 11.2 Å². The second-order valence-electron chi connectivity index (χ2n) is 6.63. The first kappa shape index (κ1) is 18.5. The van der Waals surface area contributed by atoms with E-state index in [0.29, 0.717) is 35.3 Å². The molecule has 0 radical (unpaired) electrons. The molecule has 1 unspecified atom stereocenters. The molecule has 0 aliphatic carbocycles. The van der Waals surface area contributed by atoms with Gasteiger partial charge in [0.1, 0.15) is 5.78 Å². The van der Waals surface area contributed by atoms with Gasteiger partial charge in [-0.1, -0.05) is 50.0 Å². The van der Waals surface area contributed by atoms with Crippen LogP contribution in [-0.2, 0) is 11.2 Å². The summed E-state index contributed by atoms with van der Waals surface area (Å²) in [5, 5.41) is 1.15. The van der Waals surface area contributed by atoms with Crippen LogP contribution in [0.1, 0.15) is 45.6 Å². The van der Waals surface area contributed by atoms with Crippen molar-refractivity contribution in [3.8, 4) is 0 Å². The van der Waals surface area contributed by atoms with Gasteiger partial charge in [0.15, 0.2) is 0 Å². The third kappa shape index (κ3) is 6.37. The van der Waals surface area contributed by atoms with E-state index in [1.165, 1.54) is 0 Å². The number of nitrogens with two attached hydrogens (primary N) is 1. The van der Waals surface area contributed by atoms with E-state index in [2.05, 4.69) is 20.8 Å². The van der Waals surface area contributed by atoms with Crippen molar-refractivity contribution in [3.63, 3.8) is 0 Å². The molecule has 0 fully saturated rings. The van der Waals surface area contributed by atoms with E-state index in [4.69, 9.17) is 28.9 Å². The van der Waals surface area contributed by atoms with E-state index in [9.17, 15) is 4.79 Å². The molecule has 0 aliphatic rings. The summed E-state index contributed by atoms with van der Waals surface area (Å²) in [4.78, 5) is 12.2. The Balaban J connectivity index is 2.57. The van der Waals surface area contributed by atoms with Crippen LogP contribution in [0.5, 0.6) is 0 Å². The zero-order valence-electron chi connectivity index (χ0n) is 13.1. The monoisotopic (exact) mass is 329 g/mol. The van der Waals surface area contributed by atoms with E-state index >= 15 is 0 Å². The van der Waals surface area contributed by atoms with Crippen LogP contribution in [0.4, 0.5) is 0 Å². The number of hydrogen-bond donors (Lipinski definition) is 1. The SMILES string of the molecule is CC(C)(C)C(CCN)CCC(=O)Cc1ccc(Cl)cc1Cl. The standard InChI is InChI=1S/C17H25Cl2NO/c1-17(2,3)13(8-9-20)5-7-15(21)10-12-4-6-14(18)11-16(12)19/h4,6,11,13H,5,7-10,20H2,1-3H3. The van der Waals surface area contributed by atoms with Gasteiger partial charge in [-0.25, -0.2) is 0 Å². The molecule has 1 aromatic carbocycles. The minimum Gasteiger partial charge on any atom is -0.330 e. The van der Waals surface area contributed by atoms with Gasteiger partial charge in [0.05, 0.1) is 0 Å². The van der Waals surface area contributed by atoms with E-state index in [1.807, 2.05) is 6.07 Å². The normalized spacial score (nSPS) is 13.2. The Morgan fingerprint density at radius 3 is 2.43 bits per heavy atom. The number of hydrogen-bond acceptors (Lipinski definition) is 2. The summed E-state index contributed by atoms with van der Waals surface area (Å²) in [7, 11) is 0. The lowest BCUT2D eigenvalue weighted by Gasteiger charge is -2.30. The summed E-state index contributed by atoms with van der Waals surface area (Å²) in [5.41, 5.74) is 6.70. The van der Waals surface area contributed by atoms with Crippen molar-refractivity contribution in [2.24, 2.45) is 17.1 Å². The number of halogens is 2. The molecule has 0 saturated carbocycles. The van der Waals surface area contributed by atoms with Crippen molar-refractivity contribution in [3.05, 3.63) is 33.8 Å². The molecule has 0 aromatic heterocycles. The average Bonchev–Trinajstić information content (AvgIpc) is 2.36. The molecule has 1 rings (SSSR count). The molecule has 0 bridgehead atoms. The lowest BCUT2D eigenvalue weighted by atomic mass is 9.76. The summed E-state index contributed by atoms with van der Waals surface area (Å²) in [6.07, 6.45) is 2.78. The van der Waals surface area contributed by atoms with E-state index < -0.39 is 0 Å². The topological polar surface area (TPSA) is 43.1 Å². The molecule has 0 heterocycles. The first-order valence-electron chi connectivity index (χ1n) is 7.39. The molecule has 0 spiro atoms. The molecular formula is C17H25Cl2NO. The summed E-state index contributed by atoms with van der Waals surface area (Å²) in [6.45, 7) is 7.27. The molecule has 0 aliphatic heterocycles. The Kier molecular flexibility index (Phi) is 7.19. The first-order valence-corrected chi connectivity index (χ1v) is 8.15. The van der Waals surface area contributed by atoms with E-state index in [0.717, 1.165) is 18.4 Å². The second kappa shape index (κ2) is 8.17. The van der Waals surface area contributed by atoms with Gasteiger partial charge in [-0.3, -0.25) is 4.79 Å². The molecule has 1 atom stereocenters. The number of ketones is 1. The van der Waals surface area contributed by atoms with Gasteiger partial charge in [-0.05, 0) is 48.4 Å². The Bertz CT molecular complexity index is 480. The fourth-order valence-electron chi connectivity index (χ4n) is 2.51. The Morgan fingerprint density at radius 1 is 1.24 bits per heavy atom. The van der Waals surface area contributed by atoms with Crippen LogP contribution in [-0.4, -0.2) is 12.3 Å². The fourth-order valence-corrected chi connectivity index (χ4v) is 2.99. The molecule has 4 heteroatoms. The van der Waals surface area contributed by atoms with Crippen molar-refractivity contribution in [2.75, 3.05) is 6.54 Å². The number of carbonyl (C=O) groups excluding carboxylic acids is 1. The maximum atomic E-state index is 12.2. The van der Waals surface area contributed by atoms with Gasteiger partial charge >= 0.3 is 0 Å². The van der Waals surface area contributed by atoms with Crippen LogP contribution in [0.15, 0.2) is 18.2 Å². The first-order chi connectivity index (χ1) is 9.74. The summed E-state index contributed by atoms with van der Waals surface area (Å²) in [5.74, 6) is 0.678. The predicted octanol–water partition coefficient (Wildman–Crippen LogP) is 4.90. The predicted molar refractivity (Wildman–Crippen MR) is 91.0 cm³/mol. The van der Waals surface area contributed by atoms with Crippen LogP contribution < -0.4 is 5.73 Å². The average molecular weight is 330 g/mol. The van der Waals surface area contributed by atoms with Crippen molar-refractivity contribution in [1.29, 1.82) is 0 Å². The lowest BCUT2D eigenvalue weighted by molar-refractivity contribution is -0.118. The largest absolute Gasteiger partial charge is 0.330 e. The van der Waals surface area contributed by atoms with Gasteiger partial charge < -0.3 is 5.73 Å². The summed E-state index contributed by atoms with van der Waals surface area (Å²) in [6, 6.07) is 5.27. The molecule has 21 heavy (non-hydrogen) atoms. The van der Waals surface area contributed by atoms with Gasteiger partial charge in [-0.15, -0.1) is 0 Å². The maximum absolute atomic E-state index is 12.2. The number of benzene rings is 1. The molecular weight excluding hydrogens is 305 g/mol. The Labute approximate surface area is 138 Å². The van der Waals surface area contributed by atoms with Crippen molar-refractivity contribution in [1.82, 2.24) is 0 Å². The minimum absolute atomic E-state index is 0.178. The van der Waals surface area contributed by atoms with Crippen molar-refractivity contribution < 1.29 is 4.79 Å². The highest BCUT2D eigenvalue weighted by Gasteiger charge is 2.24. The zero-order valence-corrected chi connectivity index (χ0v) is 14.6. The van der Waals surface area contributed by atoms with Gasteiger partial charge in [0.2, 0.25) is 0 Å². The lowest BCUT2D eigenvalue weighted by Crippen LogP contribution is -2.24. The molecule has 1 aromatic rings. The second-order valence-corrected chi connectivity index (χ2v) is 7.47. The zero-order chi connectivity index (χ0) is 16.0. The summed E-state index contributed by atoms with van der Waals surface area (Å²) < 4.78 is 0. The van der Waals surface area contributed by atoms with Crippen LogP contribution in [0, 0.1) is 11.3 Å². The van der Waals surface area contributed by atoms with Crippen LogP contribution in [0.3, 0.4) is 0 Å². The van der Waals surface area contributed by atoms with Crippen LogP contribution in [0.2, 0.25) is 10.0 Å². The highest BCUT2D eigenvalue weighted by atomic mass is 35.5. The smallest absolute Gasteiger partial charge is 0.137 e. The number of rotatable bonds is 7. The Morgan fingerprint density at radius 2 is 1.90 bits per heavy atom. The van der Waals surface area contributed by atoms with Crippen molar-refractivity contribution in [2.45, 2.75) is 46.5 Å². The van der Waals surface area contributed by atoms with Crippen LogP contribution in [0.25, 0.3) is 0 Å². The van der Waals surface area contributed by atoms with Gasteiger partial charge in [0, 0.05) is 22.9 Å². The Hall–Kier alpha value is -0.570. The molecule has 2 nitrogen and oxygen atoms in total. The molecule has 118 valence electrons. The highest BCUT2D eigenvalue weighted by Crippen LogP contribution is 2.32. The van der Waals surface area contributed by atoms with E-state index in [1.54, 1.807) is 12.1 Å².